The summed E-state index contributed by atoms with van der Waals surface area (Å²) in [5.41, 5.74) is 2.41. The summed E-state index contributed by atoms with van der Waals surface area (Å²) in [6.45, 7) is 3.71. The number of aliphatic hydroxyl groups excluding tert-OH is 1. The fourth-order valence-electron chi connectivity index (χ4n) is 2.18. The molecule has 3 N–H and O–H groups in total. The van der Waals surface area contributed by atoms with Gasteiger partial charge in [-0.2, -0.15) is 0 Å². The fraction of sp³-hybridized carbons (Fsp3) is 0.333. The summed E-state index contributed by atoms with van der Waals surface area (Å²) in [4.78, 5) is 0. The van der Waals surface area contributed by atoms with E-state index in [2.05, 4.69) is 34.9 Å². The molecule has 0 spiro atoms. The van der Waals surface area contributed by atoms with E-state index in [1.165, 1.54) is 11.1 Å². The van der Waals surface area contributed by atoms with Crippen LogP contribution < -0.4 is 10.6 Å². The molecular formula is C18H24N2O2. The summed E-state index contributed by atoms with van der Waals surface area (Å²) in [7, 11) is 0. The Labute approximate surface area is 132 Å². The highest BCUT2D eigenvalue weighted by atomic mass is 16.6. The van der Waals surface area contributed by atoms with Crippen LogP contribution in [0.25, 0.3) is 0 Å². The van der Waals surface area contributed by atoms with E-state index in [0.29, 0.717) is 13.1 Å². The quantitative estimate of drug-likeness (QED) is 0.622. The third-order valence-electron chi connectivity index (χ3n) is 3.24. The molecule has 0 aliphatic heterocycles. The van der Waals surface area contributed by atoms with Crippen LogP contribution in [0.4, 0.5) is 0 Å². The number of benzene rings is 2. The summed E-state index contributed by atoms with van der Waals surface area (Å²) < 4.78 is 5.49. The standard InChI is InChI=1S/C18H24N2O2/c1-15(21)22-18(20-13-17-10-6-3-7-11-17)14-19-12-16-8-4-2-5-9-16/h2-11,15,18-21H,12-14H2,1H3. The predicted octanol–water partition coefficient (Wildman–Crippen LogP) is 2.25. The molecule has 2 rings (SSSR count). The Kier molecular flexibility index (Phi) is 7.06. The van der Waals surface area contributed by atoms with Crippen LogP contribution in [0.1, 0.15) is 18.1 Å². The molecule has 2 aromatic carbocycles. The van der Waals surface area contributed by atoms with Gasteiger partial charge in [0.2, 0.25) is 0 Å². The van der Waals surface area contributed by atoms with Gasteiger partial charge in [-0.3, -0.25) is 5.32 Å². The molecule has 0 aromatic heterocycles. The van der Waals surface area contributed by atoms with E-state index in [9.17, 15) is 5.11 Å². The van der Waals surface area contributed by atoms with E-state index in [4.69, 9.17) is 4.74 Å². The molecule has 0 radical (unpaired) electrons. The highest BCUT2D eigenvalue weighted by Crippen LogP contribution is 2.01. The van der Waals surface area contributed by atoms with Crippen molar-refractivity contribution in [2.75, 3.05) is 6.54 Å². The molecule has 0 heterocycles. The third kappa shape index (κ3) is 6.37. The van der Waals surface area contributed by atoms with Gasteiger partial charge in [-0.25, -0.2) is 0 Å². The van der Waals surface area contributed by atoms with Crippen molar-refractivity contribution in [2.45, 2.75) is 32.5 Å². The van der Waals surface area contributed by atoms with Gasteiger partial charge < -0.3 is 15.2 Å². The van der Waals surface area contributed by atoms with Crippen LogP contribution in [0.2, 0.25) is 0 Å². The van der Waals surface area contributed by atoms with Gasteiger partial charge in [0.1, 0.15) is 6.23 Å². The van der Waals surface area contributed by atoms with E-state index < -0.39 is 6.29 Å². The molecule has 118 valence electrons. The lowest BCUT2D eigenvalue weighted by atomic mass is 10.2. The number of hydrogen-bond acceptors (Lipinski definition) is 4. The molecule has 0 aliphatic carbocycles. The molecule has 0 fully saturated rings. The summed E-state index contributed by atoms with van der Waals surface area (Å²) in [6, 6.07) is 20.3. The molecule has 0 bridgehead atoms. The van der Waals surface area contributed by atoms with Crippen molar-refractivity contribution >= 4 is 0 Å². The van der Waals surface area contributed by atoms with Gasteiger partial charge in [0.05, 0.1) is 0 Å². The third-order valence-corrected chi connectivity index (χ3v) is 3.24. The summed E-state index contributed by atoms with van der Waals surface area (Å²) in [5.74, 6) is 0. The lowest BCUT2D eigenvalue weighted by molar-refractivity contribution is -0.132. The number of nitrogens with one attached hydrogen (secondary N) is 2. The second kappa shape index (κ2) is 9.33. The minimum Gasteiger partial charge on any atom is -0.368 e. The molecule has 2 unspecified atom stereocenters. The summed E-state index contributed by atoms with van der Waals surface area (Å²) in [5, 5.41) is 16.1. The fourth-order valence-corrected chi connectivity index (χ4v) is 2.18. The molecule has 2 atom stereocenters. The second-order valence-electron chi connectivity index (χ2n) is 5.21. The maximum atomic E-state index is 9.45. The van der Waals surface area contributed by atoms with Gasteiger partial charge in [0.25, 0.3) is 0 Å². The Balaban J connectivity index is 1.78. The van der Waals surface area contributed by atoms with E-state index in [1.54, 1.807) is 6.92 Å². The van der Waals surface area contributed by atoms with Crippen molar-refractivity contribution < 1.29 is 9.84 Å². The maximum absolute atomic E-state index is 9.45. The van der Waals surface area contributed by atoms with Gasteiger partial charge in [0, 0.05) is 19.6 Å². The van der Waals surface area contributed by atoms with Gasteiger partial charge >= 0.3 is 0 Å². The smallest absolute Gasteiger partial charge is 0.153 e. The van der Waals surface area contributed by atoms with Crippen LogP contribution in [0.3, 0.4) is 0 Å². The molecule has 0 amide bonds. The normalized spacial score (nSPS) is 13.7. The lowest BCUT2D eigenvalue weighted by Crippen LogP contribution is -2.42. The van der Waals surface area contributed by atoms with Gasteiger partial charge in [-0.1, -0.05) is 60.7 Å². The van der Waals surface area contributed by atoms with Crippen molar-refractivity contribution in [3.63, 3.8) is 0 Å². The Hall–Kier alpha value is -1.72. The minimum atomic E-state index is -0.799. The zero-order chi connectivity index (χ0) is 15.6. The highest BCUT2D eigenvalue weighted by Gasteiger charge is 2.11. The SMILES string of the molecule is CC(O)OC(CNCc1ccccc1)NCc1ccccc1. The van der Waals surface area contributed by atoms with Crippen molar-refractivity contribution in [1.29, 1.82) is 0 Å². The molecule has 0 saturated carbocycles. The number of aliphatic hydroxyl groups is 1. The predicted molar refractivity (Wildman–Crippen MR) is 88.0 cm³/mol. The monoisotopic (exact) mass is 300 g/mol. The van der Waals surface area contributed by atoms with Crippen molar-refractivity contribution in [3.8, 4) is 0 Å². The Morgan fingerprint density at radius 3 is 2.00 bits per heavy atom. The largest absolute Gasteiger partial charge is 0.368 e. The van der Waals surface area contributed by atoms with Crippen LogP contribution in [0.5, 0.6) is 0 Å². The second-order valence-corrected chi connectivity index (χ2v) is 5.21. The van der Waals surface area contributed by atoms with Crippen molar-refractivity contribution in [1.82, 2.24) is 10.6 Å². The molecule has 4 nitrogen and oxygen atoms in total. The van der Waals surface area contributed by atoms with Gasteiger partial charge in [0.15, 0.2) is 6.29 Å². The Bertz CT molecular complexity index is 517. The Morgan fingerprint density at radius 1 is 0.909 bits per heavy atom. The maximum Gasteiger partial charge on any atom is 0.153 e. The first-order valence-electron chi connectivity index (χ1n) is 7.59. The van der Waals surface area contributed by atoms with E-state index >= 15 is 0 Å². The van der Waals surface area contributed by atoms with E-state index in [-0.39, 0.29) is 6.23 Å². The van der Waals surface area contributed by atoms with Gasteiger partial charge in [-0.15, -0.1) is 0 Å². The molecule has 0 aliphatic rings. The van der Waals surface area contributed by atoms with Gasteiger partial charge in [-0.05, 0) is 18.1 Å². The zero-order valence-corrected chi connectivity index (χ0v) is 12.9. The molecule has 22 heavy (non-hydrogen) atoms. The first-order chi connectivity index (χ1) is 10.7. The lowest BCUT2D eigenvalue weighted by Gasteiger charge is -2.21. The number of hydrogen-bond donors (Lipinski definition) is 3. The first-order valence-corrected chi connectivity index (χ1v) is 7.59. The van der Waals surface area contributed by atoms with Crippen molar-refractivity contribution in [2.24, 2.45) is 0 Å². The number of ether oxygens (including phenoxy) is 1. The zero-order valence-electron chi connectivity index (χ0n) is 12.9. The molecule has 0 saturated heterocycles. The van der Waals surface area contributed by atoms with Crippen LogP contribution >= 0.6 is 0 Å². The molecular weight excluding hydrogens is 276 g/mol. The van der Waals surface area contributed by atoms with Crippen molar-refractivity contribution in [3.05, 3.63) is 71.8 Å². The van der Waals surface area contributed by atoms with Crippen LogP contribution in [-0.2, 0) is 17.8 Å². The first kappa shape index (κ1) is 16.6. The minimum absolute atomic E-state index is 0.246. The summed E-state index contributed by atoms with van der Waals surface area (Å²) in [6.07, 6.45) is -1.05. The summed E-state index contributed by atoms with van der Waals surface area (Å²) >= 11 is 0. The van der Waals surface area contributed by atoms with E-state index in [0.717, 1.165) is 6.54 Å². The topological polar surface area (TPSA) is 53.5 Å². The molecule has 2 aromatic rings. The average molecular weight is 300 g/mol. The van der Waals surface area contributed by atoms with Crippen LogP contribution in [-0.4, -0.2) is 24.2 Å². The number of rotatable bonds is 9. The average Bonchev–Trinajstić information content (AvgIpc) is 2.54. The van der Waals surface area contributed by atoms with E-state index in [1.807, 2.05) is 36.4 Å². The Morgan fingerprint density at radius 2 is 1.45 bits per heavy atom. The highest BCUT2D eigenvalue weighted by molar-refractivity contribution is 5.15. The van der Waals surface area contributed by atoms with Crippen LogP contribution in [0, 0.1) is 0 Å². The molecule has 4 heteroatoms. The van der Waals surface area contributed by atoms with Crippen LogP contribution in [0.15, 0.2) is 60.7 Å².